The van der Waals surface area contributed by atoms with Crippen molar-refractivity contribution in [1.82, 2.24) is 5.06 Å². The van der Waals surface area contributed by atoms with Gasteiger partial charge in [0.2, 0.25) is 0 Å². The molecule has 0 atom stereocenters. The third-order valence-electron chi connectivity index (χ3n) is 4.17. The van der Waals surface area contributed by atoms with Crippen LogP contribution in [-0.4, -0.2) is 43.5 Å². The standard InChI is InChI=1S/C19H18F3NO4/c1-12-5-3-4-6-15(12)13-7-8-16(25-2)17(9-13)26-14-10-23(11-14)27-18(24)19(20,21)22/h3-9,14H,10-11H2,1-2H3. The molecule has 3 rings (SSSR count). The highest BCUT2D eigenvalue weighted by Crippen LogP contribution is 2.35. The third-order valence-corrected chi connectivity index (χ3v) is 4.17. The first-order valence-corrected chi connectivity index (χ1v) is 8.22. The maximum Gasteiger partial charge on any atom is 0.492 e. The molecule has 1 aliphatic heterocycles. The Hall–Kier alpha value is -2.74. The van der Waals surface area contributed by atoms with E-state index in [-0.39, 0.29) is 13.1 Å². The summed E-state index contributed by atoms with van der Waals surface area (Å²) in [4.78, 5) is 15.1. The molecular weight excluding hydrogens is 363 g/mol. The summed E-state index contributed by atoms with van der Waals surface area (Å²) in [6.07, 6.45) is -5.43. The van der Waals surface area contributed by atoms with Crippen LogP contribution in [0.4, 0.5) is 13.2 Å². The van der Waals surface area contributed by atoms with Gasteiger partial charge in [0.15, 0.2) is 11.5 Å². The quantitative estimate of drug-likeness (QED) is 0.790. The minimum atomic E-state index is -5.02. The molecule has 1 saturated heterocycles. The molecule has 1 fully saturated rings. The van der Waals surface area contributed by atoms with E-state index in [4.69, 9.17) is 9.47 Å². The average molecular weight is 381 g/mol. The summed E-state index contributed by atoms with van der Waals surface area (Å²) in [5.41, 5.74) is 3.07. The summed E-state index contributed by atoms with van der Waals surface area (Å²) < 4.78 is 47.7. The van der Waals surface area contributed by atoms with Gasteiger partial charge in [-0.1, -0.05) is 30.3 Å². The lowest BCUT2D eigenvalue weighted by atomic mass is 10.0. The van der Waals surface area contributed by atoms with Gasteiger partial charge >= 0.3 is 12.1 Å². The first kappa shape index (κ1) is 19.0. The van der Waals surface area contributed by atoms with E-state index in [1.165, 1.54) is 7.11 Å². The molecule has 0 N–H and O–H groups in total. The molecule has 2 aromatic rings. The van der Waals surface area contributed by atoms with Gasteiger partial charge < -0.3 is 14.3 Å². The number of nitrogens with zero attached hydrogens (tertiary/aromatic N) is 1. The van der Waals surface area contributed by atoms with Crippen LogP contribution in [0.3, 0.4) is 0 Å². The Morgan fingerprint density at radius 1 is 1.11 bits per heavy atom. The molecule has 1 heterocycles. The number of methoxy groups -OCH3 is 1. The third kappa shape index (κ3) is 4.33. The lowest BCUT2D eigenvalue weighted by molar-refractivity contribution is -0.262. The number of benzene rings is 2. The van der Waals surface area contributed by atoms with E-state index in [9.17, 15) is 18.0 Å². The highest BCUT2D eigenvalue weighted by Gasteiger charge is 2.44. The van der Waals surface area contributed by atoms with Crippen LogP contribution >= 0.6 is 0 Å². The van der Waals surface area contributed by atoms with E-state index in [1.54, 1.807) is 6.07 Å². The second-order valence-electron chi connectivity index (χ2n) is 6.14. The summed E-state index contributed by atoms with van der Waals surface area (Å²) in [6, 6.07) is 13.4. The number of halogens is 3. The molecular formula is C19H18F3NO4. The zero-order valence-corrected chi connectivity index (χ0v) is 14.7. The number of rotatable bonds is 5. The molecule has 0 aromatic heterocycles. The Morgan fingerprint density at radius 2 is 1.81 bits per heavy atom. The van der Waals surface area contributed by atoms with Gasteiger partial charge in [-0.15, -0.1) is 5.06 Å². The normalized spacial score (nSPS) is 15.1. The van der Waals surface area contributed by atoms with Crippen molar-refractivity contribution in [2.75, 3.05) is 20.2 Å². The zero-order valence-electron chi connectivity index (χ0n) is 14.7. The minimum Gasteiger partial charge on any atom is -0.493 e. The van der Waals surface area contributed by atoms with Gasteiger partial charge in [0, 0.05) is 0 Å². The van der Waals surface area contributed by atoms with E-state index in [0.717, 1.165) is 21.8 Å². The Labute approximate surface area is 154 Å². The Morgan fingerprint density at radius 3 is 2.44 bits per heavy atom. The summed E-state index contributed by atoms with van der Waals surface area (Å²) in [6.45, 7) is 2.08. The van der Waals surface area contributed by atoms with Crippen molar-refractivity contribution in [3.05, 3.63) is 48.0 Å². The van der Waals surface area contributed by atoms with E-state index >= 15 is 0 Å². The van der Waals surface area contributed by atoms with Crippen LogP contribution in [0.5, 0.6) is 11.5 Å². The van der Waals surface area contributed by atoms with Crippen molar-refractivity contribution in [1.29, 1.82) is 0 Å². The SMILES string of the molecule is COc1ccc(-c2ccccc2C)cc1OC1CN(OC(=O)C(F)(F)F)C1. The Balaban J connectivity index is 1.68. The fraction of sp³-hybridized carbons (Fsp3) is 0.316. The van der Waals surface area contributed by atoms with Crippen LogP contribution in [0, 0.1) is 6.92 Å². The fourth-order valence-electron chi connectivity index (χ4n) is 2.73. The molecule has 5 nitrogen and oxygen atoms in total. The molecule has 2 aromatic carbocycles. The number of hydroxylamine groups is 2. The summed E-state index contributed by atoms with van der Waals surface area (Å²) in [7, 11) is 1.51. The van der Waals surface area contributed by atoms with Gasteiger partial charge in [-0.3, -0.25) is 0 Å². The van der Waals surface area contributed by atoms with Crippen molar-refractivity contribution in [3.8, 4) is 22.6 Å². The second kappa shape index (κ2) is 7.48. The number of ether oxygens (including phenoxy) is 2. The number of alkyl halides is 3. The minimum absolute atomic E-state index is 0.0412. The first-order valence-electron chi connectivity index (χ1n) is 8.22. The van der Waals surface area contributed by atoms with Crippen LogP contribution in [0.15, 0.2) is 42.5 Å². The highest BCUT2D eigenvalue weighted by molar-refractivity contribution is 5.75. The van der Waals surface area contributed by atoms with Crippen LogP contribution in [0.2, 0.25) is 0 Å². The summed E-state index contributed by atoms with van der Waals surface area (Å²) >= 11 is 0. The molecule has 0 unspecified atom stereocenters. The number of carbonyl (C=O) groups is 1. The maximum atomic E-state index is 12.2. The topological polar surface area (TPSA) is 48.0 Å². The molecule has 0 amide bonds. The monoisotopic (exact) mass is 381 g/mol. The van der Waals surface area contributed by atoms with Gasteiger partial charge in [-0.2, -0.15) is 13.2 Å². The Kier molecular flexibility index (Phi) is 5.27. The molecule has 0 saturated carbocycles. The first-order chi connectivity index (χ1) is 12.8. The molecule has 144 valence electrons. The van der Waals surface area contributed by atoms with Crippen molar-refractivity contribution in [2.24, 2.45) is 0 Å². The van der Waals surface area contributed by atoms with Gasteiger partial charge in [0.05, 0.1) is 20.2 Å². The van der Waals surface area contributed by atoms with Crippen LogP contribution in [-0.2, 0) is 9.63 Å². The molecule has 0 radical (unpaired) electrons. The summed E-state index contributed by atoms with van der Waals surface area (Å²) in [5.74, 6) is -1.25. The van der Waals surface area contributed by atoms with Crippen molar-refractivity contribution < 1.29 is 32.3 Å². The molecule has 1 aliphatic rings. The van der Waals surface area contributed by atoms with E-state index in [0.29, 0.717) is 11.5 Å². The average Bonchev–Trinajstić information content (AvgIpc) is 2.59. The highest BCUT2D eigenvalue weighted by atomic mass is 19.4. The molecule has 27 heavy (non-hydrogen) atoms. The molecule has 0 spiro atoms. The van der Waals surface area contributed by atoms with Gasteiger partial charge in [-0.25, -0.2) is 4.79 Å². The molecule has 8 heteroatoms. The van der Waals surface area contributed by atoms with E-state index < -0.39 is 18.2 Å². The number of hydrogen-bond acceptors (Lipinski definition) is 5. The van der Waals surface area contributed by atoms with Gasteiger partial charge in [0.1, 0.15) is 6.10 Å². The predicted molar refractivity (Wildman–Crippen MR) is 91.3 cm³/mol. The van der Waals surface area contributed by atoms with Crippen molar-refractivity contribution in [3.63, 3.8) is 0 Å². The summed E-state index contributed by atoms with van der Waals surface area (Å²) in [5, 5.41) is 0.915. The second-order valence-corrected chi connectivity index (χ2v) is 6.14. The maximum absolute atomic E-state index is 12.2. The Bertz CT molecular complexity index is 832. The lowest BCUT2D eigenvalue weighted by Crippen LogP contribution is -2.55. The van der Waals surface area contributed by atoms with Crippen LogP contribution in [0.25, 0.3) is 11.1 Å². The predicted octanol–water partition coefficient (Wildman–Crippen LogP) is 3.75. The fourth-order valence-corrected chi connectivity index (χ4v) is 2.73. The van der Waals surface area contributed by atoms with E-state index in [1.807, 2.05) is 43.3 Å². The van der Waals surface area contributed by atoms with Crippen LogP contribution in [0.1, 0.15) is 5.56 Å². The van der Waals surface area contributed by atoms with Crippen molar-refractivity contribution >= 4 is 5.97 Å². The number of aryl methyl sites for hydroxylation is 1. The van der Waals surface area contributed by atoms with Crippen LogP contribution < -0.4 is 9.47 Å². The van der Waals surface area contributed by atoms with Gasteiger partial charge in [0.25, 0.3) is 0 Å². The lowest BCUT2D eigenvalue weighted by Gasteiger charge is -2.37. The van der Waals surface area contributed by atoms with Gasteiger partial charge in [-0.05, 0) is 35.7 Å². The van der Waals surface area contributed by atoms with Crippen molar-refractivity contribution in [2.45, 2.75) is 19.2 Å². The van der Waals surface area contributed by atoms with E-state index in [2.05, 4.69) is 4.84 Å². The zero-order chi connectivity index (χ0) is 19.6. The molecule has 0 bridgehead atoms. The molecule has 0 aliphatic carbocycles. The largest absolute Gasteiger partial charge is 0.493 e. The number of hydrogen-bond donors (Lipinski definition) is 0. The smallest absolute Gasteiger partial charge is 0.492 e. The number of carbonyl (C=O) groups excluding carboxylic acids is 1.